The summed E-state index contributed by atoms with van der Waals surface area (Å²) in [5, 5.41) is 6.79. The fourth-order valence-electron chi connectivity index (χ4n) is 3.11. The molecule has 1 fully saturated rings. The van der Waals surface area contributed by atoms with Gasteiger partial charge < -0.3 is 9.64 Å². The Hall–Kier alpha value is -1.94. The molecule has 0 saturated carbocycles. The van der Waals surface area contributed by atoms with Crippen molar-refractivity contribution >= 4 is 15.7 Å². The standard InChI is InChI=1S/C19H29N5O3S/c1-15-19(16(2)21-20-15)22-28(25,26)18-6-4-17(5-7-18)14-27-13-12-24-10-8-23(3)9-11-24/h4-7,22H,8-14H2,1-3H3,(H,20,21). The molecule has 0 unspecified atom stereocenters. The molecule has 1 aliphatic rings. The van der Waals surface area contributed by atoms with Crippen LogP contribution in [-0.4, -0.2) is 74.8 Å². The molecule has 0 aliphatic carbocycles. The topological polar surface area (TPSA) is 90.6 Å². The van der Waals surface area contributed by atoms with E-state index >= 15 is 0 Å². The third-order valence-corrected chi connectivity index (χ3v) is 6.38. The van der Waals surface area contributed by atoms with Crippen LogP contribution in [0.25, 0.3) is 0 Å². The number of nitrogens with one attached hydrogen (secondary N) is 2. The fourth-order valence-corrected chi connectivity index (χ4v) is 4.30. The van der Waals surface area contributed by atoms with Crippen molar-refractivity contribution in [2.45, 2.75) is 25.3 Å². The van der Waals surface area contributed by atoms with Gasteiger partial charge >= 0.3 is 0 Å². The van der Waals surface area contributed by atoms with E-state index in [1.54, 1.807) is 38.1 Å². The maximum absolute atomic E-state index is 12.6. The maximum Gasteiger partial charge on any atom is 0.262 e. The minimum absolute atomic E-state index is 0.216. The Morgan fingerprint density at radius 1 is 1.14 bits per heavy atom. The van der Waals surface area contributed by atoms with Crippen molar-refractivity contribution in [1.82, 2.24) is 20.0 Å². The fraction of sp³-hybridized carbons (Fsp3) is 0.526. The molecular formula is C19H29N5O3S. The summed E-state index contributed by atoms with van der Waals surface area (Å²) in [6.45, 7) is 9.96. The van der Waals surface area contributed by atoms with Crippen molar-refractivity contribution in [3.05, 3.63) is 41.2 Å². The summed E-state index contributed by atoms with van der Waals surface area (Å²) < 4.78 is 33.5. The number of aromatic nitrogens is 2. The molecule has 1 saturated heterocycles. The Morgan fingerprint density at radius 3 is 2.43 bits per heavy atom. The predicted molar refractivity (Wildman–Crippen MR) is 109 cm³/mol. The zero-order valence-electron chi connectivity index (χ0n) is 16.7. The predicted octanol–water partition coefficient (Wildman–Crippen LogP) is 1.59. The van der Waals surface area contributed by atoms with E-state index in [0.717, 1.165) is 38.3 Å². The highest BCUT2D eigenvalue weighted by Crippen LogP contribution is 2.21. The third-order valence-electron chi connectivity index (χ3n) is 5.01. The zero-order valence-corrected chi connectivity index (χ0v) is 17.6. The first-order chi connectivity index (χ1) is 13.3. The largest absolute Gasteiger partial charge is 0.375 e. The number of hydrogen-bond donors (Lipinski definition) is 2. The number of hydrogen-bond acceptors (Lipinski definition) is 6. The molecule has 28 heavy (non-hydrogen) atoms. The molecule has 1 aliphatic heterocycles. The highest BCUT2D eigenvalue weighted by atomic mass is 32.2. The molecule has 154 valence electrons. The van der Waals surface area contributed by atoms with E-state index in [1.165, 1.54) is 0 Å². The first-order valence-electron chi connectivity index (χ1n) is 9.47. The number of benzene rings is 1. The quantitative estimate of drug-likeness (QED) is 0.646. The summed E-state index contributed by atoms with van der Waals surface area (Å²) in [5.74, 6) is 0. The van der Waals surface area contributed by atoms with Gasteiger partial charge in [-0.15, -0.1) is 0 Å². The molecular weight excluding hydrogens is 378 g/mol. The number of ether oxygens (including phenoxy) is 1. The summed E-state index contributed by atoms with van der Waals surface area (Å²) in [6.07, 6.45) is 0. The van der Waals surface area contributed by atoms with Crippen molar-refractivity contribution in [2.24, 2.45) is 0 Å². The number of nitrogens with zero attached hydrogens (tertiary/aromatic N) is 3. The van der Waals surface area contributed by atoms with Gasteiger partial charge in [0.1, 0.15) is 0 Å². The average Bonchev–Trinajstić information content (AvgIpc) is 2.98. The van der Waals surface area contributed by atoms with Crippen molar-refractivity contribution in [3.63, 3.8) is 0 Å². The van der Waals surface area contributed by atoms with Gasteiger partial charge in [0.05, 0.1) is 35.2 Å². The molecule has 2 aromatic rings. The highest BCUT2D eigenvalue weighted by molar-refractivity contribution is 7.92. The lowest BCUT2D eigenvalue weighted by Gasteiger charge is -2.32. The van der Waals surface area contributed by atoms with Crippen LogP contribution in [-0.2, 0) is 21.4 Å². The van der Waals surface area contributed by atoms with Gasteiger partial charge in [0.25, 0.3) is 10.0 Å². The monoisotopic (exact) mass is 407 g/mol. The van der Waals surface area contributed by atoms with E-state index in [4.69, 9.17) is 4.74 Å². The van der Waals surface area contributed by atoms with Crippen LogP contribution in [0.3, 0.4) is 0 Å². The molecule has 0 atom stereocenters. The summed E-state index contributed by atoms with van der Waals surface area (Å²) >= 11 is 0. The molecule has 2 N–H and O–H groups in total. The lowest BCUT2D eigenvalue weighted by Crippen LogP contribution is -2.45. The normalized spacial score (nSPS) is 16.4. The van der Waals surface area contributed by atoms with Crippen molar-refractivity contribution in [3.8, 4) is 0 Å². The molecule has 0 spiro atoms. The van der Waals surface area contributed by atoms with Crippen LogP contribution in [0.4, 0.5) is 5.69 Å². The van der Waals surface area contributed by atoms with Gasteiger partial charge in [0.15, 0.2) is 0 Å². The van der Waals surface area contributed by atoms with Gasteiger partial charge in [-0.05, 0) is 38.6 Å². The zero-order chi connectivity index (χ0) is 20.1. The van der Waals surface area contributed by atoms with Gasteiger partial charge in [-0.1, -0.05) is 12.1 Å². The van der Waals surface area contributed by atoms with Crippen LogP contribution in [0.5, 0.6) is 0 Å². The number of H-pyrrole nitrogens is 1. The SMILES string of the molecule is Cc1n[nH]c(C)c1NS(=O)(=O)c1ccc(COCCN2CCN(C)CC2)cc1. The number of anilines is 1. The van der Waals surface area contributed by atoms with Gasteiger partial charge in [-0.2, -0.15) is 5.10 Å². The summed E-state index contributed by atoms with van der Waals surface area (Å²) in [4.78, 5) is 4.95. The summed E-state index contributed by atoms with van der Waals surface area (Å²) in [6, 6.07) is 6.79. The number of piperazine rings is 1. The maximum atomic E-state index is 12.6. The number of sulfonamides is 1. The summed E-state index contributed by atoms with van der Waals surface area (Å²) in [7, 11) is -1.51. The Labute approximate surface area is 166 Å². The van der Waals surface area contributed by atoms with Gasteiger partial charge in [-0.3, -0.25) is 14.7 Å². The van der Waals surface area contributed by atoms with Gasteiger partial charge in [0.2, 0.25) is 0 Å². The van der Waals surface area contributed by atoms with E-state index in [0.29, 0.717) is 30.3 Å². The second kappa shape index (κ2) is 9.04. The number of likely N-dealkylation sites (N-methyl/N-ethyl adjacent to an activating group) is 1. The Balaban J connectivity index is 1.49. The molecule has 8 nitrogen and oxygen atoms in total. The van der Waals surface area contributed by atoms with E-state index in [9.17, 15) is 8.42 Å². The van der Waals surface area contributed by atoms with Gasteiger partial charge in [-0.25, -0.2) is 8.42 Å². The minimum atomic E-state index is -3.65. The Bertz CT molecular complexity index is 852. The third kappa shape index (κ3) is 5.32. The van der Waals surface area contributed by atoms with E-state index in [-0.39, 0.29) is 4.90 Å². The van der Waals surface area contributed by atoms with Gasteiger partial charge in [0, 0.05) is 32.7 Å². The van der Waals surface area contributed by atoms with Crippen molar-refractivity contribution in [2.75, 3.05) is 51.1 Å². The molecule has 1 aromatic heterocycles. The first kappa shape index (κ1) is 20.8. The highest BCUT2D eigenvalue weighted by Gasteiger charge is 2.18. The van der Waals surface area contributed by atoms with Crippen LogP contribution >= 0.6 is 0 Å². The molecule has 0 amide bonds. The lowest BCUT2D eigenvalue weighted by atomic mass is 10.2. The molecule has 1 aromatic carbocycles. The van der Waals surface area contributed by atoms with Crippen LogP contribution in [0.1, 0.15) is 17.0 Å². The van der Waals surface area contributed by atoms with Crippen molar-refractivity contribution in [1.29, 1.82) is 0 Å². The summed E-state index contributed by atoms with van der Waals surface area (Å²) in [5.41, 5.74) is 2.75. The molecule has 2 heterocycles. The van der Waals surface area contributed by atoms with Crippen molar-refractivity contribution < 1.29 is 13.2 Å². The minimum Gasteiger partial charge on any atom is -0.375 e. The van der Waals surface area contributed by atoms with E-state index < -0.39 is 10.0 Å². The number of aryl methyl sites for hydroxylation is 2. The molecule has 0 radical (unpaired) electrons. The Kier molecular flexibility index (Phi) is 6.71. The second-order valence-corrected chi connectivity index (χ2v) is 8.94. The first-order valence-corrected chi connectivity index (χ1v) is 11.0. The molecule has 3 rings (SSSR count). The second-order valence-electron chi connectivity index (χ2n) is 7.26. The van der Waals surface area contributed by atoms with Crippen LogP contribution in [0.15, 0.2) is 29.2 Å². The Morgan fingerprint density at radius 2 is 1.82 bits per heavy atom. The number of rotatable bonds is 8. The molecule has 9 heteroatoms. The number of aromatic amines is 1. The average molecular weight is 408 g/mol. The van der Waals surface area contributed by atoms with Crippen LogP contribution in [0.2, 0.25) is 0 Å². The lowest BCUT2D eigenvalue weighted by molar-refractivity contribution is 0.0738. The van der Waals surface area contributed by atoms with E-state index in [2.05, 4.69) is 31.8 Å². The van der Waals surface area contributed by atoms with E-state index in [1.807, 2.05) is 0 Å². The van der Waals surface area contributed by atoms with Crippen LogP contribution < -0.4 is 4.72 Å². The van der Waals surface area contributed by atoms with Crippen LogP contribution in [0, 0.1) is 13.8 Å². The molecule has 0 bridgehead atoms. The smallest absolute Gasteiger partial charge is 0.262 e.